The SMILES string of the molecule is C[S+]([O-])CC1CC=C(C(=O)Nc2sc(-c3cccnc3)nc2Cl)O1. The fourth-order valence-electron chi connectivity index (χ4n) is 2.18. The summed E-state index contributed by atoms with van der Waals surface area (Å²) in [4.78, 5) is 20.6. The molecule has 0 saturated heterocycles. The van der Waals surface area contributed by atoms with Gasteiger partial charge in [0, 0.05) is 24.4 Å². The second-order valence-electron chi connectivity index (χ2n) is 5.12. The number of pyridine rings is 1. The number of ether oxygens (including phenoxy) is 1. The molecule has 0 saturated carbocycles. The van der Waals surface area contributed by atoms with E-state index in [1.807, 2.05) is 6.07 Å². The highest BCUT2D eigenvalue weighted by Gasteiger charge is 2.27. The molecule has 2 atom stereocenters. The third-order valence-corrected chi connectivity index (χ3v) is 5.47. The normalized spacial score (nSPS) is 18.0. The zero-order chi connectivity index (χ0) is 17.1. The average Bonchev–Trinajstić information content (AvgIpc) is 3.15. The summed E-state index contributed by atoms with van der Waals surface area (Å²) in [6, 6.07) is 3.67. The molecular formula is C15H14ClN3O3S2. The van der Waals surface area contributed by atoms with E-state index < -0.39 is 11.2 Å². The molecule has 0 spiro atoms. The molecule has 1 aliphatic heterocycles. The van der Waals surface area contributed by atoms with E-state index in [0.717, 1.165) is 5.56 Å². The Kier molecular flexibility index (Phi) is 5.40. The van der Waals surface area contributed by atoms with Gasteiger partial charge in [0.05, 0.1) is 6.26 Å². The zero-order valence-electron chi connectivity index (χ0n) is 12.7. The van der Waals surface area contributed by atoms with Crippen LogP contribution in [-0.4, -0.2) is 38.5 Å². The summed E-state index contributed by atoms with van der Waals surface area (Å²) in [6.07, 6.45) is 7.01. The molecule has 0 bridgehead atoms. The van der Waals surface area contributed by atoms with Gasteiger partial charge in [0.25, 0.3) is 5.91 Å². The summed E-state index contributed by atoms with van der Waals surface area (Å²) in [7, 11) is 0. The lowest BCUT2D eigenvalue weighted by molar-refractivity contribution is -0.116. The van der Waals surface area contributed by atoms with Crippen molar-refractivity contribution in [2.24, 2.45) is 0 Å². The van der Waals surface area contributed by atoms with Crippen molar-refractivity contribution in [2.45, 2.75) is 12.5 Å². The number of hydrogen-bond acceptors (Lipinski definition) is 6. The smallest absolute Gasteiger partial charge is 0.291 e. The maximum absolute atomic E-state index is 12.3. The number of rotatable bonds is 5. The van der Waals surface area contributed by atoms with Crippen LogP contribution in [-0.2, 0) is 20.7 Å². The molecule has 1 amide bonds. The zero-order valence-corrected chi connectivity index (χ0v) is 15.1. The first-order chi connectivity index (χ1) is 11.5. The van der Waals surface area contributed by atoms with Gasteiger partial charge in [-0.2, -0.15) is 0 Å². The van der Waals surface area contributed by atoms with Crippen LogP contribution in [0.2, 0.25) is 5.15 Å². The van der Waals surface area contributed by atoms with Gasteiger partial charge >= 0.3 is 0 Å². The minimum Gasteiger partial charge on any atom is -0.616 e. The summed E-state index contributed by atoms with van der Waals surface area (Å²) in [5.41, 5.74) is 0.826. The number of nitrogens with one attached hydrogen (secondary N) is 1. The van der Waals surface area contributed by atoms with Gasteiger partial charge in [-0.25, -0.2) is 4.98 Å². The third-order valence-electron chi connectivity index (χ3n) is 3.23. The molecule has 2 unspecified atom stereocenters. The van der Waals surface area contributed by atoms with Gasteiger partial charge in [0.2, 0.25) is 0 Å². The maximum Gasteiger partial charge on any atom is 0.291 e. The van der Waals surface area contributed by atoms with Crippen LogP contribution in [0, 0.1) is 0 Å². The van der Waals surface area contributed by atoms with Crippen molar-refractivity contribution in [3.05, 3.63) is 41.5 Å². The van der Waals surface area contributed by atoms with Crippen molar-refractivity contribution >= 4 is 45.0 Å². The topological polar surface area (TPSA) is 87.2 Å². The van der Waals surface area contributed by atoms with Gasteiger partial charge in [0.1, 0.15) is 21.9 Å². The predicted molar refractivity (Wildman–Crippen MR) is 95.5 cm³/mol. The largest absolute Gasteiger partial charge is 0.616 e. The molecule has 9 heteroatoms. The molecular weight excluding hydrogens is 370 g/mol. The molecule has 3 heterocycles. The van der Waals surface area contributed by atoms with Crippen LogP contribution in [0.1, 0.15) is 6.42 Å². The molecule has 2 aromatic rings. The molecule has 0 fully saturated rings. The van der Waals surface area contributed by atoms with Crippen molar-refractivity contribution in [1.82, 2.24) is 9.97 Å². The molecule has 0 aliphatic carbocycles. The van der Waals surface area contributed by atoms with Crippen molar-refractivity contribution in [1.29, 1.82) is 0 Å². The van der Waals surface area contributed by atoms with Crippen LogP contribution in [0.25, 0.3) is 10.6 Å². The van der Waals surface area contributed by atoms with Crippen molar-refractivity contribution in [3.63, 3.8) is 0 Å². The minimum atomic E-state index is -0.968. The lowest BCUT2D eigenvalue weighted by Crippen LogP contribution is -2.22. The van der Waals surface area contributed by atoms with E-state index in [4.69, 9.17) is 16.3 Å². The highest BCUT2D eigenvalue weighted by molar-refractivity contribution is 7.90. The fourth-order valence-corrected chi connectivity index (χ4v) is 4.05. The lowest BCUT2D eigenvalue weighted by Gasteiger charge is -2.13. The number of hydrogen-bond donors (Lipinski definition) is 1. The van der Waals surface area contributed by atoms with E-state index in [2.05, 4.69) is 15.3 Å². The number of amides is 1. The first kappa shape index (κ1) is 17.2. The summed E-state index contributed by atoms with van der Waals surface area (Å²) >= 11 is 6.40. The highest BCUT2D eigenvalue weighted by Crippen LogP contribution is 2.35. The Labute approximate surface area is 151 Å². The summed E-state index contributed by atoms with van der Waals surface area (Å²) < 4.78 is 16.8. The summed E-state index contributed by atoms with van der Waals surface area (Å²) in [6.45, 7) is 0. The quantitative estimate of drug-likeness (QED) is 0.802. The second kappa shape index (κ2) is 7.52. The molecule has 6 nitrogen and oxygen atoms in total. The average molecular weight is 384 g/mol. The molecule has 1 aliphatic rings. The van der Waals surface area contributed by atoms with Gasteiger partial charge in [-0.05, 0) is 18.2 Å². The molecule has 0 radical (unpaired) electrons. The van der Waals surface area contributed by atoms with E-state index in [-0.39, 0.29) is 22.9 Å². The predicted octanol–water partition coefficient (Wildman–Crippen LogP) is 2.85. The number of nitrogens with zero attached hydrogens (tertiary/aromatic N) is 2. The molecule has 1 N–H and O–H groups in total. The first-order valence-corrected chi connectivity index (χ1v) is 10.00. The Bertz CT molecular complexity index is 765. The van der Waals surface area contributed by atoms with Crippen LogP contribution < -0.4 is 5.32 Å². The summed E-state index contributed by atoms with van der Waals surface area (Å²) in [5.74, 6) is 0.236. The first-order valence-electron chi connectivity index (χ1n) is 7.08. The number of thiazole rings is 1. The monoisotopic (exact) mass is 383 g/mol. The van der Waals surface area contributed by atoms with Gasteiger partial charge < -0.3 is 14.6 Å². The van der Waals surface area contributed by atoms with Gasteiger partial charge in [0.15, 0.2) is 10.9 Å². The molecule has 24 heavy (non-hydrogen) atoms. The lowest BCUT2D eigenvalue weighted by atomic mass is 10.3. The van der Waals surface area contributed by atoms with Gasteiger partial charge in [-0.3, -0.25) is 9.78 Å². The Morgan fingerprint density at radius 2 is 2.46 bits per heavy atom. The van der Waals surface area contributed by atoms with E-state index in [9.17, 15) is 9.35 Å². The maximum atomic E-state index is 12.3. The Balaban J connectivity index is 1.66. The summed E-state index contributed by atoms with van der Waals surface area (Å²) in [5, 5.41) is 4.05. The number of carbonyl (C=O) groups is 1. The fraction of sp³-hybridized carbons (Fsp3) is 0.267. The highest BCUT2D eigenvalue weighted by atomic mass is 35.5. The standard InChI is InChI=1S/C15H14ClN3O3S2/c1-24(21)8-10-4-5-11(22-10)13(20)19-15-12(16)18-14(23-15)9-3-2-6-17-7-9/h2-3,5-7,10H,4,8H2,1H3,(H,19,20). The van der Waals surface area contributed by atoms with Crippen LogP contribution in [0.4, 0.5) is 5.00 Å². The molecule has 0 aromatic carbocycles. The number of carbonyl (C=O) groups excluding carboxylic acids is 1. The van der Waals surface area contributed by atoms with Crippen LogP contribution in [0.15, 0.2) is 36.4 Å². The number of aromatic nitrogens is 2. The molecule has 3 rings (SSSR count). The van der Waals surface area contributed by atoms with Gasteiger partial charge in [-0.15, -0.1) is 0 Å². The number of anilines is 1. The van der Waals surface area contributed by atoms with Gasteiger partial charge in [-0.1, -0.05) is 34.1 Å². The van der Waals surface area contributed by atoms with Crippen LogP contribution in [0.3, 0.4) is 0 Å². The molecule has 126 valence electrons. The minimum absolute atomic E-state index is 0.219. The van der Waals surface area contributed by atoms with E-state index in [0.29, 0.717) is 22.2 Å². The van der Waals surface area contributed by atoms with Crippen LogP contribution in [0.5, 0.6) is 0 Å². The van der Waals surface area contributed by atoms with E-state index in [1.54, 1.807) is 30.8 Å². The third kappa shape index (κ3) is 4.07. The van der Waals surface area contributed by atoms with Crippen molar-refractivity contribution in [3.8, 4) is 10.6 Å². The van der Waals surface area contributed by atoms with Crippen molar-refractivity contribution in [2.75, 3.05) is 17.3 Å². The Morgan fingerprint density at radius 3 is 3.17 bits per heavy atom. The van der Waals surface area contributed by atoms with E-state index >= 15 is 0 Å². The molecule has 2 aromatic heterocycles. The van der Waals surface area contributed by atoms with Crippen molar-refractivity contribution < 1.29 is 14.1 Å². The Morgan fingerprint density at radius 1 is 1.62 bits per heavy atom. The number of halogens is 1. The second-order valence-corrected chi connectivity index (χ2v) is 7.96. The Hall–Kier alpha value is -1.61. The van der Waals surface area contributed by atoms with Crippen LogP contribution >= 0.6 is 22.9 Å². The van der Waals surface area contributed by atoms with E-state index in [1.165, 1.54) is 11.3 Å².